The summed E-state index contributed by atoms with van der Waals surface area (Å²) in [6.07, 6.45) is -4.96. The number of nitro benzene ring substituents is 2. The normalized spacial score (nSPS) is 12.1. The maximum atomic E-state index is 12.9. The Balaban J connectivity index is 2.61. The molecule has 1 N–H and O–H groups in total. The molecule has 0 bridgehead atoms. The van der Waals surface area contributed by atoms with E-state index in [1.807, 2.05) is 20.8 Å². The van der Waals surface area contributed by atoms with Crippen molar-refractivity contribution in [2.75, 3.05) is 5.32 Å². The summed E-state index contributed by atoms with van der Waals surface area (Å²) in [7, 11) is 0. The molecule has 0 atom stereocenters. The second-order valence-corrected chi connectivity index (χ2v) is 7.16. The van der Waals surface area contributed by atoms with Gasteiger partial charge in [-0.15, -0.1) is 0 Å². The second-order valence-electron chi connectivity index (χ2n) is 6.35. The average Bonchev–Trinajstić information content (AvgIpc) is 2.94. The van der Waals surface area contributed by atoms with Crippen LogP contribution in [-0.2, 0) is 11.6 Å². The predicted molar refractivity (Wildman–Crippen MR) is 88.8 cm³/mol. The first-order valence-corrected chi connectivity index (χ1v) is 7.86. The Morgan fingerprint density at radius 3 is 1.88 bits per heavy atom. The van der Waals surface area contributed by atoms with Crippen molar-refractivity contribution in [2.24, 2.45) is 0 Å². The van der Waals surface area contributed by atoms with Crippen LogP contribution in [0.2, 0.25) is 0 Å². The number of hydrogen-bond acceptors (Lipinski definition) is 7. The van der Waals surface area contributed by atoms with Gasteiger partial charge in [0.2, 0.25) is 0 Å². The maximum Gasteiger partial charge on any atom is 0.416 e. The fraction of sp³-hybridized carbons (Fsp3) is 0.357. The molecule has 8 nitrogen and oxygen atoms in total. The molecule has 2 rings (SSSR count). The molecule has 0 saturated carbocycles. The van der Waals surface area contributed by atoms with Crippen LogP contribution in [-0.4, -0.2) is 14.2 Å². The number of nitrogens with one attached hydrogen (secondary N) is 1. The summed E-state index contributed by atoms with van der Waals surface area (Å²) >= 11 is 0.893. The highest BCUT2D eigenvalue weighted by Crippen LogP contribution is 2.43. The molecule has 0 radical (unpaired) electrons. The summed E-state index contributed by atoms with van der Waals surface area (Å²) in [4.78, 5) is 20.2. The van der Waals surface area contributed by atoms with Crippen molar-refractivity contribution in [3.63, 3.8) is 0 Å². The number of rotatable bonds is 4. The van der Waals surface area contributed by atoms with Gasteiger partial charge in [0.15, 0.2) is 5.69 Å². The molecule has 1 aromatic carbocycles. The van der Waals surface area contributed by atoms with Crippen LogP contribution in [0.1, 0.15) is 32.0 Å². The van der Waals surface area contributed by atoms with Crippen molar-refractivity contribution in [1.82, 2.24) is 4.37 Å². The highest BCUT2D eigenvalue weighted by molar-refractivity contribution is 7.10. The molecule has 0 fully saturated rings. The topological polar surface area (TPSA) is 111 Å². The molecule has 0 unspecified atom stereocenters. The third kappa shape index (κ3) is 4.07. The molecular formula is C14H13F3N4O4S. The molecule has 0 saturated heterocycles. The zero-order valence-corrected chi connectivity index (χ0v) is 14.6. The van der Waals surface area contributed by atoms with Gasteiger partial charge in [-0.3, -0.25) is 20.2 Å². The number of hydrogen-bond donors (Lipinski definition) is 1. The fourth-order valence-electron chi connectivity index (χ4n) is 2.00. The molecule has 140 valence electrons. The smallest absolute Gasteiger partial charge is 0.335 e. The highest BCUT2D eigenvalue weighted by Gasteiger charge is 2.38. The van der Waals surface area contributed by atoms with Gasteiger partial charge in [0, 0.05) is 17.5 Å². The van der Waals surface area contributed by atoms with E-state index >= 15 is 0 Å². The number of nitrogens with zero attached hydrogens (tertiary/aromatic N) is 3. The van der Waals surface area contributed by atoms with Crippen molar-refractivity contribution in [1.29, 1.82) is 0 Å². The van der Waals surface area contributed by atoms with Gasteiger partial charge in [0.1, 0.15) is 5.00 Å². The van der Waals surface area contributed by atoms with E-state index in [4.69, 9.17) is 0 Å². The lowest BCUT2D eigenvalue weighted by atomic mass is 9.92. The molecular weight excluding hydrogens is 377 g/mol. The minimum atomic E-state index is -4.96. The lowest BCUT2D eigenvalue weighted by molar-refractivity contribution is -0.392. The van der Waals surface area contributed by atoms with Gasteiger partial charge in [-0.05, 0) is 17.6 Å². The zero-order chi connectivity index (χ0) is 19.9. The second kappa shape index (κ2) is 6.52. The third-order valence-corrected chi connectivity index (χ3v) is 4.05. The molecule has 12 heteroatoms. The van der Waals surface area contributed by atoms with Crippen molar-refractivity contribution in [2.45, 2.75) is 32.4 Å². The van der Waals surface area contributed by atoms with Crippen molar-refractivity contribution >= 4 is 33.6 Å². The molecule has 0 amide bonds. The largest absolute Gasteiger partial charge is 0.416 e. The third-order valence-electron chi connectivity index (χ3n) is 3.34. The van der Waals surface area contributed by atoms with Crippen molar-refractivity contribution in [3.05, 3.63) is 49.7 Å². The number of benzene rings is 1. The van der Waals surface area contributed by atoms with Crippen LogP contribution in [0, 0.1) is 20.2 Å². The van der Waals surface area contributed by atoms with Crippen LogP contribution in [0.4, 0.5) is 35.2 Å². The maximum absolute atomic E-state index is 12.9. The first-order chi connectivity index (χ1) is 11.8. The van der Waals surface area contributed by atoms with Gasteiger partial charge in [-0.25, -0.2) is 0 Å². The van der Waals surface area contributed by atoms with E-state index in [-0.39, 0.29) is 22.5 Å². The van der Waals surface area contributed by atoms with Crippen molar-refractivity contribution in [3.8, 4) is 0 Å². The van der Waals surface area contributed by atoms with Gasteiger partial charge in [-0.2, -0.15) is 17.5 Å². The number of nitro groups is 2. The van der Waals surface area contributed by atoms with Gasteiger partial charge in [-0.1, -0.05) is 20.8 Å². The van der Waals surface area contributed by atoms with E-state index in [0.29, 0.717) is 5.69 Å². The van der Waals surface area contributed by atoms with Gasteiger partial charge in [0.05, 0.1) is 21.1 Å². The van der Waals surface area contributed by atoms with Crippen molar-refractivity contribution < 1.29 is 23.0 Å². The Kier molecular flexibility index (Phi) is 4.90. The number of aromatic nitrogens is 1. The summed E-state index contributed by atoms with van der Waals surface area (Å²) < 4.78 is 42.8. The predicted octanol–water partition coefficient (Wildman–Crippen LogP) is 5.02. The first kappa shape index (κ1) is 19.6. The molecule has 0 aliphatic rings. The monoisotopic (exact) mass is 390 g/mol. The number of anilines is 2. The Morgan fingerprint density at radius 2 is 1.54 bits per heavy atom. The van der Waals surface area contributed by atoms with Crippen LogP contribution in [0.5, 0.6) is 0 Å². The van der Waals surface area contributed by atoms with E-state index in [1.54, 1.807) is 0 Å². The van der Waals surface area contributed by atoms with Crippen LogP contribution < -0.4 is 5.32 Å². The molecule has 0 spiro atoms. The van der Waals surface area contributed by atoms with E-state index < -0.39 is 38.6 Å². The van der Waals surface area contributed by atoms with E-state index in [9.17, 15) is 33.4 Å². The molecule has 1 aromatic heterocycles. The molecule has 0 aliphatic carbocycles. The van der Waals surface area contributed by atoms with Crippen LogP contribution in [0.25, 0.3) is 0 Å². The van der Waals surface area contributed by atoms with Gasteiger partial charge < -0.3 is 5.32 Å². The Morgan fingerprint density at radius 1 is 1.04 bits per heavy atom. The van der Waals surface area contributed by atoms with Crippen LogP contribution >= 0.6 is 11.5 Å². The average molecular weight is 390 g/mol. The summed E-state index contributed by atoms with van der Waals surface area (Å²) in [6.45, 7) is 5.61. The summed E-state index contributed by atoms with van der Waals surface area (Å²) in [5.74, 6) is 0. The standard InChI is InChI=1S/C14H13F3N4O4S/c1-13(2,3)10-6-11(26-19-10)18-12-8(20(22)23)4-7(14(15,16)17)5-9(12)21(24)25/h4-6,18H,1-3H3. The Bertz CT molecular complexity index is 839. The first-order valence-electron chi connectivity index (χ1n) is 7.09. The van der Waals surface area contributed by atoms with E-state index in [2.05, 4.69) is 9.69 Å². The summed E-state index contributed by atoms with van der Waals surface area (Å²) in [6, 6.07) is 2.07. The lowest BCUT2D eigenvalue weighted by Crippen LogP contribution is -2.11. The van der Waals surface area contributed by atoms with Gasteiger partial charge >= 0.3 is 6.18 Å². The fourth-order valence-corrected chi connectivity index (χ4v) is 2.84. The highest BCUT2D eigenvalue weighted by atomic mass is 32.1. The van der Waals surface area contributed by atoms with Gasteiger partial charge in [0.25, 0.3) is 11.4 Å². The van der Waals surface area contributed by atoms with E-state index in [1.165, 1.54) is 6.07 Å². The molecule has 26 heavy (non-hydrogen) atoms. The van der Waals surface area contributed by atoms with E-state index in [0.717, 1.165) is 11.5 Å². The quantitative estimate of drug-likeness (QED) is 0.580. The summed E-state index contributed by atoms with van der Waals surface area (Å²) in [5, 5.41) is 25.1. The Labute approximate surface area is 149 Å². The minimum absolute atomic E-state index is 0.237. The Hall–Kier alpha value is -2.76. The van der Waals surface area contributed by atoms with Crippen LogP contribution in [0.15, 0.2) is 18.2 Å². The zero-order valence-electron chi connectivity index (χ0n) is 13.7. The number of alkyl halides is 3. The number of halogens is 3. The molecule has 1 heterocycles. The lowest BCUT2D eigenvalue weighted by Gasteiger charge is -2.14. The SMILES string of the molecule is CC(C)(C)c1cc(Nc2c([N+](=O)[O-])cc(C(F)(F)F)cc2[N+](=O)[O-])sn1. The molecule has 2 aromatic rings. The van der Waals surface area contributed by atoms with Crippen LogP contribution in [0.3, 0.4) is 0 Å². The summed E-state index contributed by atoms with van der Waals surface area (Å²) in [5.41, 5.74) is -3.90. The minimum Gasteiger partial charge on any atom is -0.335 e. The molecule has 0 aliphatic heterocycles.